The summed E-state index contributed by atoms with van der Waals surface area (Å²) >= 11 is 0. The number of imidazole rings is 1. The van der Waals surface area contributed by atoms with Crippen LogP contribution < -0.4 is 5.73 Å². The third kappa shape index (κ3) is 1.74. The molecule has 15 heavy (non-hydrogen) atoms. The highest BCUT2D eigenvalue weighted by Crippen LogP contribution is 2.17. The smallest absolute Gasteiger partial charge is 0.256 e. The van der Waals surface area contributed by atoms with E-state index in [4.69, 9.17) is 5.73 Å². The fourth-order valence-corrected chi connectivity index (χ4v) is 1.45. The van der Waals surface area contributed by atoms with Crippen molar-refractivity contribution in [2.24, 2.45) is 0 Å². The first-order valence-electron chi connectivity index (χ1n) is 4.44. The van der Waals surface area contributed by atoms with Crippen molar-refractivity contribution in [1.82, 2.24) is 14.5 Å². The molecule has 80 valence electrons. The van der Waals surface area contributed by atoms with Crippen molar-refractivity contribution >= 4 is 17.1 Å². The molecule has 2 aromatic rings. The van der Waals surface area contributed by atoms with Gasteiger partial charge in [0.25, 0.3) is 6.43 Å². The highest BCUT2D eigenvalue weighted by atomic mass is 19.3. The molecule has 2 heterocycles. The minimum Gasteiger partial charge on any atom is -0.369 e. The first-order chi connectivity index (χ1) is 7.08. The third-order valence-corrected chi connectivity index (χ3v) is 2.07. The first kappa shape index (κ1) is 9.82. The predicted octanol–water partition coefficient (Wildman–Crippen LogP) is 1.59. The maximum absolute atomic E-state index is 12.3. The van der Waals surface area contributed by atoms with Crippen molar-refractivity contribution in [1.29, 1.82) is 0 Å². The Hall–Kier alpha value is -1.72. The molecule has 6 heteroatoms. The number of alkyl halides is 2. The Morgan fingerprint density at radius 2 is 2.27 bits per heavy atom. The number of fused-ring (bicyclic) bond motifs is 1. The van der Waals surface area contributed by atoms with Crippen molar-refractivity contribution in [2.45, 2.75) is 19.9 Å². The number of rotatable bonds is 2. The number of nitrogen functional groups attached to an aromatic ring is 1. The molecule has 2 aromatic heterocycles. The topological polar surface area (TPSA) is 56.7 Å². The zero-order valence-electron chi connectivity index (χ0n) is 8.11. The Balaban J connectivity index is 2.58. The second-order valence-corrected chi connectivity index (χ2v) is 3.33. The van der Waals surface area contributed by atoms with E-state index in [9.17, 15) is 8.78 Å². The number of hydrogen-bond acceptors (Lipinski definition) is 3. The highest BCUT2D eigenvalue weighted by molar-refractivity contribution is 5.74. The van der Waals surface area contributed by atoms with Crippen molar-refractivity contribution < 1.29 is 8.78 Å². The molecule has 0 unspecified atom stereocenters. The van der Waals surface area contributed by atoms with Gasteiger partial charge in [-0.05, 0) is 18.6 Å². The number of pyridine rings is 1. The maximum atomic E-state index is 12.3. The Bertz CT molecular complexity index is 492. The van der Waals surface area contributed by atoms with E-state index in [0.29, 0.717) is 11.2 Å². The fraction of sp³-hybridized carbons (Fsp3) is 0.333. The zero-order valence-corrected chi connectivity index (χ0v) is 8.11. The highest BCUT2D eigenvalue weighted by Gasteiger charge is 2.13. The van der Waals surface area contributed by atoms with Crippen LogP contribution in [0.15, 0.2) is 12.3 Å². The predicted molar refractivity (Wildman–Crippen MR) is 52.7 cm³/mol. The summed E-state index contributed by atoms with van der Waals surface area (Å²) < 4.78 is 25.7. The lowest BCUT2D eigenvalue weighted by atomic mass is 10.3. The van der Waals surface area contributed by atoms with E-state index < -0.39 is 13.0 Å². The van der Waals surface area contributed by atoms with Gasteiger partial charge in [-0.1, -0.05) is 0 Å². The maximum Gasteiger partial charge on any atom is 0.256 e. The summed E-state index contributed by atoms with van der Waals surface area (Å²) in [6.45, 7) is 1.38. The summed E-state index contributed by atoms with van der Waals surface area (Å²) in [4.78, 5) is 8.01. The Labute approximate surface area is 84.7 Å². The molecule has 0 aliphatic rings. The van der Waals surface area contributed by atoms with Gasteiger partial charge in [0.15, 0.2) is 5.65 Å². The van der Waals surface area contributed by atoms with Gasteiger partial charge in [-0.25, -0.2) is 18.7 Å². The molecule has 0 radical (unpaired) electrons. The van der Waals surface area contributed by atoms with Crippen LogP contribution in [0, 0.1) is 6.92 Å². The van der Waals surface area contributed by atoms with Gasteiger partial charge in [-0.2, -0.15) is 0 Å². The van der Waals surface area contributed by atoms with Gasteiger partial charge < -0.3 is 5.73 Å². The van der Waals surface area contributed by atoms with Crippen LogP contribution in [-0.4, -0.2) is 21.0 Å². The average Bonchev–Trinajstić information content (AvgIpc) is 2.41. The SMILES string of the molecule is Cc1cnc2c(c1)nc(N)n2CC(F)F. The molecule has 0 aliphatic heterocycles. The molecule has 0 aromatic carbocycles. The standard InChI is InChI=1S/C9H10F2N4/c1-5-2-6-8(13-3-5)15(4-7(10)11)9(12)14-6/h2-3,7H,4H2,1H3,(H2,12,14). The molecule has 0 bridgehead atoms. The molecule has 2 N–H and O–H groups in total. The van der Waals surface area contributed by atoms with Gasteiger partial charge in [0.1, 0.15) is 5.52 Å². The van der Waals surface area contributed by atoms with E-state index in [2.05, 4.69) is 9.97 Å². The summed E-state index contributed by atoms with van der Waals surface area (Å²) in [6.07, 6.45) is -0.862. The summed E-state index contributed by atoms with van der Waals surface area (Å²) in [5.41, 5.74) is 7.40. The van der Waals surface area contributed by atoms with Crippen molar-refractivity contribution in [3.8, 4) is 0 Å². The Morgan fingerprint density at radius 1 is 1.53 bits per heavy atom. The van der Waals surface area contributed by atoms with Crippen LogP contribution >= 0.6 is 0 Å². The van der Waals surface area contributed by atoms with Gasteiger partial charge >= 0.3 is 0 Å². The number of aryl methyl sites for hydroxylation is 1. The molecule has 0 saturated carbocycles. The normalized spacial score (nSPS) is 11.5. The fourth-order valence-electron chi connectivity index (χ4n) is 1.45. The quantitative estimate of drug-likeness (QED) is 0.822. The van der Waals surface area contributed by atoms with E-state index in [1.54, 1.807) is 12.3 Å². The monoisotopic (exact) mass is 212 g/mol. The van der Waals surface area contributed by atoms with Gasteiger partial charge in [0, 0.05) is 6.20 Å². The largest absolute Gasteiger partial charge is 0.369 e. The second kappa shape index (κ2) is 3.45. The van der Waals surface area contributed by atoms with E-state index in [1.807, 2.05) is 6.92 Å². The van der Waals surface area contributed by atoms with Gasteiger partial charge in [0.05, 0.1) is 6.54 Å². The lowest BCUT2D eigenvalue weighted by Crippen LogP contribution is -2.10. The molecular formula is C9H10F2N4. The number of aromatic nitrogens is 3. The van der Waals surface area contributed by atoms with Crippen molar-refractivity contribution in [3.63, 3.8) is 0 Å². The number of halogens is 2. The van der Waals surface area contributed by atoms with E-state index in [0.717, 1.165) is 5.56 Å². The molecular weight excluding hydrogens is 202 g/mol. The van der Waals surface area contributed by atoms with Crippen LogP contribution in [0.25, 0.3) is 11.2 Å². The number of nitrogens with zero attached hydrogens (tertiary/aromatic N) is 3. The van der Waals surface area contributed by atoms with Crippen LogP contribution in [0.4, 0.5) is 14.7 Å². The minimum atomic E-state index is -2.46. The average molecular weight is 212 g/mol. The minimum absolute atomic E-state index is 0.0726. The number of hydrogen-bond donors (Lipinski definition) is 1. The number of anilines is 1. The van der Waals surface area contributed by atoms with Gasteiger partial charge in [-0.3, -0.25) is 4.57 Å². The molecule has 0 atom stereocenters. The van der Waals surface area contributed by atoms with Crippen LogP contribution in [0.5, 0.6) is 0 Å². The van der Waals surface area contributed by atoms with Crippen molar-refractivity contribution in [3.05, 3.63) is 17.8 Å². The lowest BCUT2D eigenvalue weighted by Gasteiger charge is -2.03. The second-order valence-electron chi connectivity index (χ2n) is 3.33. The summed E-state index contributed by atoms with van der Waals surface area (Å²) in [5, 5.41) is 0. The molecule has 0 aliphatic carbocycles. The van der Waals surface area contributed by atoms with Crippen LogP contribution in [0.2, 0.25) is 0 Å². The molecule has 0 saturated heterocycles. The van der Waals surface area contributed by atoms with E-state index >= 15 is 0 Å². The molecule has 0 fully saturated rings. The summed E-state index contributed by atoms with van der Waals surface area (Å²) in [6, 6.07) is 1.76. The van der Waals surface area contributed by atoms with Crippen LogP contribution in [-0.2, 0) is 6.54 Å². The van der Waals surface area contributed by atoms with E-state index in [-0.39, 0.29) is 5.95 Å². The van der Waals surface area contributed by atoms with Crippen LogP contribution in [0.1, 0.15) is 5.56 Å². The summed E-state index contributed by atoms with van der Waals surface area (Å²) in [5.74, 6) is 0.0726. The molecule has 2 rings (SSSR count). The van der Waals surface area contributed by atoms with Gasteiger partial charge in [-0.15, -0.1) is 0 Å². The third-order valence-electron chi connectivity index (χ3n) is 2.07. The Kier molecular flexibility index (Phi) is 2.26. The first-order valence-corrected chi connectivity index (χ1v) is 4.44. The Morgan fingerprint density at radius 3 is 2.93 bits per heavy atom. The number of nitrogens with two attached hydrogens (primary N) is 1. The molecule has 0 amide bonds. The molecule has 0 spiro atoms. The van der Waals surface area contributed by atoms with E-state index in [1.165, 1.54) is 4.57 Å². The van der Waals surface area contributed by atoms with Crippen LogP contribution in [0.3, 0.4) is 0 Å². The lowest BCUT2D eigenvalue weighted by molar-refractivity contribution is 0.128. The van der Waals surface area contributed by atoms with Gasteiger partial charge in [0.2, 0.25) is 5.95 Å². The molecule has 4 nitrogen and oxygen atoms in total. The van der Waals surface area contributed by atoms with Crippen molar-refractivity contribution in [2.75, 3.05) is 5.73 Å². The zero-order chi connectivity index (χ0) is 11.0. The summed E-state index contributed by atoms with van der Waals surface area (Å²) in [7, 11) is 0.